The van der Waals surface area contributed by atoms with Crippen LogP contribution in [0.15, 0.2) is 0 Å². The molecule has 0 spiro atoms. The average molecular weight is 268 g/mol. The van der Waals surface area contributed by atoms with Crippen LogP contribution in [0.25, 0.3) is 0 Å². The highest BCUT2D eigenvalue weighted by atomic mass is 16.5. The monoisotopic (exact) mass is 268 g/mol. The number of rotatable bonds is 4. The first-order valence-corrected chi connectivity index (χ1v) is 8.06. The van der Waals surface area contributed by atoms with Crippen molar-refractivity contribution in [1.82, 2.24) is 10.2 Å². The summed E-state index contributed by atoms with van der Waals surface area (Å²) in [4.78, 5) is 2.66. The molecule has 0 amide bonds. The molecule has 1 saturated heterocycles. The van der Waals surface area contributed by atoms with E-state index in [9.17, 15) is 0 Å². The Morgan fingerprint density at radius 1 is 1.32 bits per heavy atom. The summed E-state index contributed by atoms with van der Waals surface area (Å²) in [6.07, 6.45) is 5.41. The van der Waals surface area contributed by atoms with E-state index in [1.165, 1.54) is 25.7 Å². The molecular weight excluding hydrogens is 236 g/mol. The molecule has 0 aromatic heterocycles. The van der Waals surface area contributed by atoms with E-state index in [2.05, 4.69) is 44.8 Å². The van der Waals surface area contributed by atoms with Crippen LogP contribution in [0.1, 0.15) is 60.3 Å². The normalized spacial score (nSPS) is 34.3. The van der Waals surface area contributed by atoms with Crippen LogP contribution in [0.4, 0.5) is 0 Å². The SMILES string of the molecule is CCCC(C)NC1CC2OCCN(C(C)(C)C)C2C1. The van der Waals surface area contributed by atoms with Gasteiger partial charge in [-0.25, -0.2) is 0 Å². The Bertz CT molecular complexity index is 287. The van der Waals surface area contributed by atoms with E-state index in [0.717, 1.165) is 13.2 Å². The van der Waals surface area contributed by atoms with E-state index in [0.29, 0.717) is 24.2 Å². The van der Waals surface area contributed by atoms with Crippen LogP contribution in [0.5, 0.6) is 0 Å². The molecule has 1 aliphatic carbocycles. The average Bonchev–Trinajstić information content (AvgIpc) is 2.69. The zero-order chi connectivity index (χ0) is 14.0. The van der Waals surface area contributed by atoms with E-state index in [4.69, 9.17) is 4.74 Å². The van der Waals surface area contributed by atoms with Gasteiger partial charge in [0.1, 0.15) is 0 Å². The molecule has 0 aromatic carbocycles. The molecule has 2 aliphatic rings. The smallest absolute Gasteiger partial charge is 0.0746 e. The number of morpholine rings is 1. The standard InChI is InChI=1S/C16H32N2O/c1-6-7-12(2)17-13-10-14-15(11-13)19-9-8-18(14)16(3,4)5/h12-15,17H,6-11H2,1-5H3. The molecule has 19 heavy (non-hydrogen) atoms. The Morgan fingerprint density at radius 2 is 2.05 bits per heavy atom. The third-order valence-electron chi connectivity index (χ3n) is 4.64. The summed E-state index contributed by atoms with van der Waals surface area (Å²) < 4.78 is 6.02. The lowest BCUT2D eigenvalue weighted by Crippen LogP contribution is -2.56. The van der Waals surface area contributed by atoms with Crippen LogP contribution in [0.3, 0.4) is 0 Å². The molecule has 1 aliphatic heterocycles. The first-order valence-electron chi connectivity index (χ1n) is 8.06. The lowest BCUT2D eigenvalue weighted by molar-refractivity contribution is -0.0871. The molecule has 2 fully saturated rings. The fourth-order valence-electron chi connectivity index (χ4n) is 3.84. The maximum atomic E-state index is 6.02. The van der Waals surface area contributed by atoms with Crippen LogP contribution in [0, 0.1) is 0 Å². The van der Waals surface area contributed by atoms with Gasteiger partial charge in [0.15, 0.2) is 0 Å². The van der Waals surface area contributed by atoms with Gasteiger partial charge >= 0.3 is 0 Å². The number of fused-ring (bicyclic) bond motifs is 1. The van der Waals surface area contributed by atoms with Gasteiger partial charge in [0, 0.05) is 30.2 Å². The minimum absolute atomic E-state index is 0.261. The van der Waals surface area contributed by atoms with Crippen molar-refractivity contribution in [3.05, 3.63) is 0 Å². The number of ether oxygens (including phenoxy) is 1. The summed E-state index contributed by atoms with van der Waals surface area (Å²) in [5, 5.41) is 3.80. The summed E-state index contributed by atoms with van der Waals surface area (Å²) in [5.74, 6) is 0. The third-order valence-corrected chi connectivity index (χ3v) is 4.64. The maximum absolute atomic E-state index is 6.02. The molecule has 4 unspecified atom stereocenters. The van der Waals surface area contributed by atoms with Gasteiger partial charge in [-0.2, -0.15) is 0 Å². The highest BCUT2D eigenvalue weighted by Gasteiger charge is 2.44. The van der Waals surface area contributed by atoms with E-state index in [1.807, 2.05) is 0 Å². The van der Waals surface area contributed by atoms with Gasteiger partial charge in [-0.3, -0.25) is 4.90 Å². The zero-order valence-corrected chi connectivity index (χ0v) is 13.4. The summed E-state index contributed by atoms with van der Waals surface area (Å²) in [5.41, 5.74) is 0.261. The number of hydrogen-bond donors (Lipinski definition) is 1. The largest absolute Gasteiger partial charge is 0.375 e. The van der Waals surface area contributed by atoms with Crippen molar-refractivity contribution in [1.29, 1.82) is 0 Å². The van der Waals surface area contributed by atoms with Crippen LogP contribution in [-0.2, 0) is 4.74 Å². The minimum atomic E-state index is 0.261. The van der Waals surface area contributed by atoms with E-state index in [1.54, 1.807) is 0 Å². The van der Waals surface area contributed by atoms with Crippen LogP contribution in [0.2, 0.25) is 0 Å². The fraction of sp³-hybridized carbons (Fsp3) is 1.00. The summed E-state index contributed by atoms with van der Waals surface area (Å²) >= 11 is 0. The summed E-state index contributed by atoms with van der Waals surface area (Å²) in [6.45, 7) is 13.5. The molecule has 3 nitrogen and oxygen atoms in total. The lowest BCUT2D eigenvalue weighted by Gasteiger charge is -2.45. The van der Waals surface area contributed by atoms with Crippen molar-refractivity contribution in [3.8, 4) is 0 Å². The molecule has 1 N–H and O–H groups in total. The predicted octanol–water partition coefficient (Wildman–Crippen LogP) is 2.79. The number of nitrogens with zero attached hydrogens (tertiary/aromatic N) is 1. The maximum Gasteiger partial charge on any atom is 0.0746 e. The molecule has 1 saturated carbocycles. The topological polar surface area (TPSA) is 24.5 Å². The van der Waals surface area contributed by atoms with Crippen LogP contribution >= 0.6 is 0 Å². The fourth-order valence-corrected chi connectivity index (χ4v) is 3.84. The molecular formula is C16H32N2O. The highest BCUT2D eigenvalue weighted by Crippen LogP contribution is 2.34. The molecule has 0 bridgehead atoms. The van der Waals surface area contributed by atoms with Crippen molar-refractivity contribution >= 4 is 0 Å². The molecule has 2 rings (SSSR count). The Kier molecular flexibility index (Phi) is 4.91. The highest BCUT2D eigenvalue weighted by molar-refractivity contribution is 5.00. The quantitative estimate of drug-likeness (QED) is 0.848. The van der Waals surface area contributed by atoms with Gasteiger partial charge in [0.2, 0.25) is 0 Å². The van der Waals surface area contributed by atoms with Gasteiger partial charge in [-0.05, 0) is 47.0 Å². The molecule has 112 valence electrons. The molecule has 0 radical (unpaired) electrons. The van der Waals surface area contributed by atoms with Crippen LogP contribution < -0.4 is 5.32 Å². The van der Waals surface area contributed by atoms with Gasteiger partial charge < -0.3 is 10.1 Å². The summed E-state index contributed by atoms with van der Waals surface area (Å²) in [7, 11) is 0. The molecule has 0 aromatic rings. The van der Waals surface area contributed by atoms with Crippen molar-refractivity contribution in [3.63, 3.8) is 0 Å². The Labute approximate surface area is 119 Å². The third kappa shape index (κ3) is 3.71. The second-order valence-electron chi connectivity index (χ2n) is 7.37. The van der Waals surface area contributed by atoms with Gasteiger partial charge in [-0.1, -0.05) is 13.3 Å². The lowest BCUT2D eigenvalue weighted by atomic mass is 9.99. The minimum Gasteiger partial charge on any atom is -0.375 e. The summed E-state index contributed by atoms with van der Waals surface area (Å²) in [6, 6.07) is 1.89. The zero-order valence-electron chi connectivity index (χ0n) is 13.4. The van der Waals surface area contributed by atoms with Gasteiger partial charge in [-0.15, -0.1) is 0 Å². The molecule has 3 heteroatoms. The second kappa shape index (κ2) is 6.11. The van der Waals surface area contributed by atoms with Gasteiger partial charge in [0.25, 0.3) is 0 Å². The van der Waals surface area contributed by atoms with Crippen molar-refractivity contribution in [2.24, 2.45) is 0 Å². The van der Waals surface area contributed by atoms with Gasteiger partial charge in [0.05, 0.1) is 12.7 Å². The molecule has 4 atom stereocenters. The Morgan fingerprint density at radius 3 is 2.68 bits per heavy atom. The Balaban J connectivity index is 1.94. The first-order chi connectivity index (χ1) is 8.91. The molecule has 1 heterocycles. The van der Waals surface area contributed by atoms with Crippen molar-refractivity contribution in [2.45, 2.75) is 90.1 Å². The first kappa shape index (κ1) is 15.3. The van der Waals surface area contributed by atoms with Crippen LogP contribution in [-0.4, -0.2) is 47.8 Å². The van der Waals surface area contributed by atoms with Crippen molar-refractivity contribution in [2.75, 3.05) is 13.2 Å². The second-order valence-corrected chi connectivity index (χ2v) is 7.37. The van der Waals surface area contributed by atoms with E-state index in [-0.39, 0.29) is 5.54 Å². The van der Waals surface area contributed by atoms with E-state index >= 15 is 0 Å². The van der Waals surface area contributed by atoms with E-state index < -0.39 is 0 Å². The predicted molar refractivity (Wildman–Crippen MR) is 80.5 cm³/mol. The number of hydrogen-bond acceptors (Lipinski definition) is 3. The number of nitrogens with one attached hydrogen (secondary N) is 1. The van der Waals surface area contributed by atoms with Crippen molar-refractivity contribution < 1.29 is 4.74 Å². The Hall–Kier alpha value is -0.120.